The lowest BCUT2D eigenvalue weighted by Gasteiger charge is -2.19. The number of aromatic nitrogens is 1. The molecule has 0 aliphatic carbocycles. The molecular formula is C22H23F2N5O2S. The van der Waals surface area contributed by atoms with Crippen LogP contribution in [0.5, 0.6) is 0 Å². The summed E-state index contributed by atoms with van der Waals surface area (Å²) in [6.45, 7) is 2.52. The summed E-state index contributed by atoms with van der Waals surface area (Å²) in [6.07, 6.45) is 0. The number of nitrogen functional groups attached to an aromatic ring is 1. The average molecular weight is 460 g/mol. The van der Waals surface area contributed by atoms with Gasteiger partial charge >= 0.3 is 0 Å². The summed E-state index contributed by atoms with van der Waals surface area (Å²) in [6, 6.07) is 10.0. The number of ketones is 1. The summed E-state index contributed by atoms with van der Waals surface area (Å²) in [5.41, 5.74) is 6.24. The van der Waals surface area contributed by atoms with Gasteiger partial charge in [0.1, 0.15) is 22.3 Å². The summed E-state index contributed by atoms with van der Waals surface area (Å²) in [7, 11) is 3.88. The van der Waals surface area contributed by atoms with Crippen LogP contribution >= 0.6 is 11.3 Å². The van der Waals surface area contributed by atoms with E-state index in [0.29, 0.717) is 17.8 Å². The van der Waals surface area contributed by atoms with E-state index in [2.05, 4.69) is 15.6 Å². The number of hydrogen-bond donors (Lipinski definition) is 3. The van der Waals surface area contributed by atoms with Gasteiger partial charge in [0.2, 0.25) is 5.78 Å². The van der Waals surface area contributed by atoms with Gasteiger partial charge in [-0.15, -0.1) is 0 Å². The van der Waals surface area contributed by atoms with Gasteiger partial charge in [0.25, 0.3) is 5.91 Å². The Bertz CT molecular complexity index is 1110. The van der Waals surface area contributed by atoms with Crippen molar-refractivity contribution in [1.29, 1.82) is 0 Å². The molecular weight excluding hydrogens is 436 g/mol. The zero-order valence-electron chi connectivity index (χ0n) is 17.8. The maximum atomic E-state index is 13.9. The molecule has 3 rings (SSSR count). The second-order valence-electron chi connectivity index (χ2n) is 7.38. The molecule has 168 valence electrons. The minimum atomic E-state index is -0.967. The van der Waals surface area contributed by atoms with E-state index in [4.69, 9.17) is 5.73 Å². The van der Waals surface area contributed by atoms with Gasteiger partial charge in [0, 0.05) is 23.8 Å². The number of hydrogen-bond acceptors (Lipinski definition) is 7. The third-order valence-electron chi connectivity index (χ3n) is 4.89. The van der Waals surface area contributed by atoms with Crippen molar-refractivity contribution >= 4 is 39.7 Å². The minimum Gasteiger partial charge on any atom is -0.382 e. The van der Waals surface area contributed by atoms with Gasteiger partial charge in [-0.05, 0) is 57.4 Å². The summed E-state index contributed by atoms with van der Waals surface area (Å²) >= 11 is 0.885. The molecule has 1 atom stereocenters. The predicted octanol–water partition coefficient (Wildman–Crippen LogP) is 3.66. The SMILES string of the molecule is C[C@H](CNC(=O)c1ccc(Nc2nc(N)c(C(=O)c3c(F)cccc3F)s2)cc1)N(C)C. The summed E-state index contributed by atoms with van der Waals surface area (Å²) < 4.78 is 27.9. The highest BCUT2D eigenvalue weighted by Crippen LogP contribution is 2.31. The van der Waals surface area contributed by atoms with Crippen molar-refractivity contribution in [3.8, 4) is 0 Å². The molecule has 4 N–H and O–H groups in total. The lowest BCUT2D eigenvalue weighted by atomic mass is 10.1. The van der Waals surface area contributed by atoms with Crippen molar-refractivity contribution in [2.24, 2.45) is 0 Å². The molecule has 32 heavy (non-hydrogen) atoms. The Morgan fingerprint density at radius 1 is 1.12 bits per heavy atom. The molecule has 10 heteroatoms. The third-order valence-corrected chi connectivity index (χ3v) is 5.87. The first kappa shape index (κ1) is 23.3. The van der Waals surface area contributed by atoms with Gasteiger partial charge in [-0.1, -0.05) is 17.4 Å². The molecule has 0 spiro atoms. The molecule has 0 aliphatic rings. The number of halogens is 2. The topological polar surface area (TPSA) is 100 Å². The van der Waals surface area contributed by atoms with Crippen LogP contribution in [0, 0.1) is 11.6 Å². The summed E-state index contributed by atoms with van der Waals surface area (Å²) in [5.74, 6) is -3.13. The van der Waals surface area contributed by atoms with Crippen molar-refractivity contribution in [3.63, 3.8) is 0 Å². The highest BCUT2D eigenvalue weighted by Gasteiger charge is 2.24. The fourth-order valence-electron chi connectivity index (χ4n) is 2.73. The number of nitrogens with one attached hydrogen (secondary N) is 2. The van der Waals surface area contributed by atoms with Crippen LogP contribution in [0.25, 0.3) is 0 Å². The lowest BCUT2D eigenvalue weighted by Crippen LogP contribution is -2.38. The maximum Gasteiger partial charge on any atom is 0.251 e. The molecule has 0 aliphatic heterocycles. The molecule has 7 nitrogen and oxygen atoms in total. The Morgan fingerprint density at radius 2 is 1.75 bits per heavy atom. The number of nitrogens with two attached hydrogens (primary N) is 1. The van der Waals surface area contributed by atoms with Crippen molar-refractivity contribution in [2.45, 2.75) is 13.0 Å². The Morgan fingerprint density at radius 3 is 2.34 bits per heavy atom. The predicted molar refractivity (Wildman–Crippen MR) is 122 cm³/mol. The number of nitrogens with zero attached hydrogens (tertiary/aromatic N) is 2. The Balaban J connectivity index is 1.70. The van der Waals surface area contributed by atoms with Crippen molar-refractivity contribution < 1.29 is 18.4 Å². The number of benzene rings is 2. The first-order valence-electron chi connectivity index (χ1n) is 9.74. The smallest absolute Gasteiger partial charge is 0.251 e. The van der Waals surface area contributed by atoms with Crippen LogP contribution in [0.1, 0.15) is 32.5 Å². The first-order valence-corrected chi connectivity index (χ1v) is 10.6. The number of carbonyl (C=O) groups excluding carboxylic acids is 2. The second kappa shape index (κ2) is 9.84. The highest BCUT2D eigenvalue weighted by molar-refractivity contribution is 7.18. The molecule has 0 unspecified atom stereocenters. The molecule has 3 aromatic rings. The van der Waals surface area contributed by atoms with Gasteiger partial charge in [-0.3, -0.25) is 9.59 Å². The molecule has 1 aromatic heterocycles. The fourth-order valence-corrected chi connectivity index (χ4v) is 3.58. The zero-order valence-corrected chi connectivity index (χ0v) is 18.6. The molecule has 1 heterocycles. The zero-order chi connectivity index (χ0) is 23.4. The molecule has 0 saturated heterocycles. The first-order chi connectivity index (χ1) is 15.2. The number of anilines is 3. The third kappa shape index (κ3) is 5.27. The van der Waals surface area contributed by atoms with E-state index in [1.165, 1.54) is 6.07 Å². The Labute approximate surface area is 188 Å². The Kier molecular flexibility index (Phi) is 7.16. The van der Waals surface area contributed by atoms with Crippen LogP contribution in [-0.2, 0) is 0 Å². The van der Waals surface area contributed by atoms with E-state index in [0.717, 1.165) is 23.5 Å². The van der Waals surface area contributed by atoms with Gasteiger partial charge < -0.3 is 21.3 Å². The van der Waals surface area contributed by atoms with Gasteiger partial charge in [-0.2, -0.15) is 0 Å². The molecule has 0 saturated carbocycles. The highest BCUT2D eigenvalue weighted by atomic mass is 32.1. The maximum absolute atomic E-state index is 13.9. The molecule has 2 aromatic carbocycles. The molecule has 0 fully saturated rings. The summed E-state index contributed by atoms with van der Waals surface area (Å²) in [5, 5.41) is 6.13. The van der Waals surface area contributed by atoms with Gasteiger partial charge in [0.15, 0.2) is 5.13 Å². The standard InChI is InChI=1S/C22H23F2N5O2S/c1-12(29(2)3)11-26-21(31)13-7-9-14(10-8-13)27-22-28-20(25)19(32-22)18(30)17-15(23)5-4-6-16(17)24/h4-10,12H,11,25H2,1-3H3,(H,26,31)(H,27,28)/t12-/m1/s1. The monoisotopic (exact) mass is 459 g/mol. The van der Waals surface area contributed by atoms with Crippen molar-refractivity contribution in [2.75, 3.05) is 31.7 Å². The van der Waals surface area contributed by atoms with E-state index in [1.807, 2.05) is 25.9 Å². The van der Waals surface area contributed by atoms with Crippen LogP contribution in [-0.4, -0.2) is 48.3 Å². The molecule has 0 bridgehead atoms. The van der Waals surface area contributed by atoms with E-state index < -0.39 is 23.0 Å². The summed E-state index contributed by atoms with van der Waals surface area (Å²) in [4.78, 5) is 30.9. The number of rotatable bonds is 8. The molecule has 1 amide bonds. The number of likely N-dealkylation sites (N-methyl/N-ethyl adjacent to an activating group) is 1. The van der Waals surface area contributed by atoms with E-state index in [1.54, 1.807) is 24.3 Å². The van der Waals surface area contributed by atoms with Crippen LogP contribution in [0.3, 0.4) is 0 Å². The van der Waals surface area contributed by atoms with E-state index in [9.17, 15) is 18.4 Å². The minimum absolute atomic E-state index is 0.0671. The van der Waals surface area contributed by atoms with E-state index >= 15 is 0 Å². The van der Waals surface area contributed by atoms with Crippen LogP contribution in [0.2, 0.25) is 0 Å². The Hall–Kier alpha value is -3.37. The van der Waals surface area contributed by atoms with Crippen molar-refractivity contribution in [3.05, 3.63) is 70.1 Å². The number of thiazole rings is 1. The quantitative estimate of drug-likeness (QED) is 0.445. The lowest BCUT2D eigenvalue weighted by molar-refractivity contribution is 0.0943. The molecule has 0 radical (unpaired) electrons. The largest absolute Gasteiger partial charge is 0.382 e. The van der Waals surface area contributed by atoms with E-state index in [-0.39, 0.29) is 27.8 Å². The van der Waals surface area contributed by atoms with Crippen LogP contribution in [0.15, 0.2) is 42.5 Å². The number of amides is 1. The fraction of sp³-hybridized carbons (Fsp3) is 0.227. The van der Waals surface area contributed by atoms with Crippen LogP contribution in [0.4, 0.5) is 25.4 Å². The average Bonchev–Trinajstić information content (AvgIpc) is 3.11. The normalized spacial score (nSPS) is 11.9. The van der Waals surface area contributed by atoms with Crippen molar-refractivity contribution in [1.82, 2.24) is 15.2 Å². The van der Waals surface area contributed by atoms with Crippen LogP contribution < -0.4 is 16.4 Å². The second-order valence-corrected chi connectivity index (χ2v) is 8.38. The van der Waals surface area contributed by atoms with Gasteiger partial charge in [-0.25, -0.2) is 13.8 Å². The van der Waals surface area contributed by atoms with Gasteiger partial charge in [0.05, 0.1) is 5.56 Å². The number of carbonyl (C=O) groups is 2.